The number of benzene rings is 1. The van der Waals surface area contributed by atoms with E-state index in [1.165, 1.54) is 4.68 Å². The summed E-state index contributed by atoms with van der Waals surface area (Å²) in [5, 5.41) is 8.49. The molecule has 3 aromatic rings. The van der Waals surface area contributed by atoms with Crippen LogP contribution in [0.5, 0.6) is 0 Å². The summed E-state index contributed by atoms with van der Waals surface area (Å²) >= 11 is 0. The number of ether oxygens (including phenoxy) is 1. The van der Waals surface area contributed by atoms with Crippen LogP contribution in [0.2, 0.25) is 0 Å². The number of amides is 1. The van der Waals surface area contributed by atoms with Crippen LogP contribution in [0.1, 0.15) is 11.3 Å². The fourth-order valence-electron chi connectivity index (χ4n) is 2.72. The van der Waals surface area contributed by atoms with Crippen LogP contribution < -0.4 is 10.9 Å². The van der Waals surface area contributed by atoms with Gasteiger partial charge in [0.05, 0.1) is 17.7 Å². The van der Waals surface area contributed by atoms with Gasteiger partial charge in [-0.3, -0.25) is 14.6 Å². The van der Waals surface area contributed by atoms with Gasteiger partial charge in [-0.2, -0.15) is 5.10 Å². The molecule has 1 amide bonds. The summed E-state index contributed by atoms with van der Waals surface area (Å²) in [4.78, 5) is 28.9. The van der Waals surface area contributed by atoms with E-state index in [1.807, 2.05) is 24.3 Å². The maximum Gasteiger partial charge on any atom is 0.275 e. The SMILES string of the molecule is COCCNC(=O)Cn1nc(Cc2cccnc2)c2ccccc2c1=O. The van der Waals surface area contributed by atoms with Crippen LogP contribution in [0, 0.1) is 0 Å². The molecule has 0 aliphatic rings. The molecular formula is C19H20N4O3. The van der Waals surface area contributed by atoms with Crippen molar-refractivity contribution < 1.29 is 9.53 Å². The third-order valence-corrected chi connectivity index (χ3v) is 3.96. The molecule has 0 radical (unpaired) electrons. The second-order valence-electron chi connectivity index (χ2n) is 5.84. The molecule has 26 heavy (non-hydrogen) atoms. The largest absolute Gasteiger partial charge is 0.383 e. The van der Waals surface area contributed by atoms with Crippen molar-refractivity contribution in [1.82, 2.24) is 20.1 Å². The molecule has 2 heterocycles. The van der Waals surface area contributed by atoms with Crippen LogP contribution in [-0.2, 0) is 22.5 Å². The molecule has 1 aromatic carbocycles. The molecule has 0 atom stereocenters. The first-order valence-electron chi connectivity index (χ1n) is 8.32. The van der Waals surface area contributed by atoms with Crippen molar-refractivity contribution >= 4 is 16.7 Å². The van der Waals surface area contributed by atoms with Crippen molar-refractivity contribution in [2.75, 3.05) is 20.3 Å². The second-order valence-corrected chi connectivity index (χ2v) is 5.84. The number of nitrogens with zero attached hydrogens (tertiary/aromatic N) is 3. The van der Waals surface area contributed by atoms with Crippen molar-refractivity contribution in [2.24, 2.45) is 0 Å². The number of aromatic nitrogens is 3. The molecule has 0 saturated heterocycles. The van der Waals surface area contributed by atoms with Gasteiger partial charge in [0.25, 0.3) is 5.56 Å². The minimum absolute atomic E-state index is 0.132. The summed E-state index contributed by atoms with van der Waals surface area (Å²) in [6, 6.07) is 11.1. The molecule has 0 saturated carbocycles. The van der Waals surface area contributed by atoms with Crippen molar-refractivity contribution in [3.63, 3.8) is 0 Å². The van der Waals surface area contributed by atoms with E-state index in [9.17, 15) is 9.59 Å². The zero-order valence-electron chi connectivity index (χ0n) is 14.5. The van der Waals surface area contributed by atoms with Gasteiger partial charge in [-0.05, 0) is 17.7 Å². The molecule has 3 rings (SSSR count). The highest BCUT2D eigenvalue weighted by Gasteiger charge is 2.13. The predicted molar refractivity (Wildman–Crippen MR) is 97.9 cm³/mol. The zero-order valence-corrected chi connectivity index (χ0v) is 14.5. The Bertz CT molecular complexity index is 954. The van der Waals surface area contributed by atoms with E-state index in [2.05, 4.69) is 15.4 Å². The van der Waals surface area contributed by atoms with E-state index in [4.69, 9.17) is 4.74 Å². The monoisotopic (exact) mass is 352 g/mol. The van der Waals surface area contributed by atoms with Gasteiger partial charge < -0.3 is 10.1 Å². The third-order valence-electron chi connectivity index (χ3n) is 3.96. The third kappa shape index (κ3) is 4.12. The molecule has 134 valence electrons. The molecule has 1 N–H and O–H groups in total. The van der Waals surface area contributed by atoms with Crippen LogP contribution in [0.4, 0.5) is 0 Å². The smallest absolute Gasteiger partial charge is 0.275 e. The molecule has 2 aromatic heterocycles. The molecular weight excluding hydrogens is 332 g/mol. The normalized spacial score (nSPS) is 10.8. The number of carbonyl (C=O) groups is 1. The molecule has 0 aliphatic carbocycles. The average Bonchev–Trinajstić information content (AvgIpc) is 2.66. The maximum atomic E-state index is 12.7. The first kappa shape index (κ1) is 17.8. The molecule has 0 spiro atoms. The van der Waals surface area contributed by atoms with Gasteiger partial charge in [-0.15, -0.1) is 0 Å². The van der Waals surface area contributed by atoms with E-state index >= 15 is 0 Å². The molecule has 7 nitrogen and oxygen atoms in total. The zero-order chi connectivity index (χ0) is 18.4. The number of methoxy groups -OCH3 is 1. The lowest BCUT2D eigenvalue weighted by Crippen LogP contribution is -2.35. The van der Waals surface area contributed by atoms with Crippen LogP contribution in [0.15, 0.2) is 53.6 Å². The number of carbonyl (C=O) groups excluding carboxylic acids is 1. The lowest BCUT2D eigenvalue weighted by atomic mass is 10.1. The molecule has 0 aliphatic heterocycles. The maximum absolute atomic E-state index is 12.7. The van der Waals surface area contributed by atoms with Gasteiger partial charge in [0.2, 0.25) is 5.91 Å². The van der Waals surface area contributed by atoms with E-state index in [-0.39, 0.29) is 18.0 Å². The first-order chi connectivity index (χ1) is 12.7. The highest BCUT2D eigenvalue weighted by atomic mass is 16.5. The number of fused-ring (bicyclic) bond motifs is 1. The summed E-state index contributed by atoms with van der Waals surface area (Å²) in [5.74, 6) is -0.278. The minimum atomic E-state index is -0.280. The standard InChI is InChI=1S/C19H20N4O3/c1-26-10-9-21-18(24)13-23-19(25)16-7-3-2-6-15(16)17(22-23)11-14-5-4-8-20-12-14/h2-8,12H,9-11,13H2,1H3,(H,21,24). The van der Waals surface area contributed by atoms with Gasteiger partial charge in [0, 0.05) is 37.9 Å². The Labute approximate surface area is 150 Å². The Kier molecular flexibility index (Phi) is 5.70. The van der Waals surface area contributed by atoms with E-state index < -0.39 is 0 Å². The van der Waals surface area contributed by atoms with Crippen LogP contribution in [0.25, 0.3) is 10.8 Å². The van der Waals surface area contributed by atoms with Crippen LogP contribution >= 0.6 is 0 Å². The van der Waals surface area contributed by atoms with E-state index in [1.54, 1.807) is 31.6 Å². The quantitative estimate of drug-likeness (QED) is 0.645. The number of pyridine rings is 1. The Morgan fingerprint density at radius 2 is 2.00 bits per heavy atom. The predicted octanol–water partition coefficient (Wildman–Crippen LogP) is 1.14. The Hall–Kier alpha value is -3.06. The fraction of sp³-hybridized carbons (Fsp3) is 0.263. The number of nitrogens with one attached hydrogen (secondary N) is 1. The van der Waals surface area contributed by atoms with Crippen LogP contribution in [0.3, 0.4) is 0 Å². The lowest BCUT2D eigenvalue weighted by Gasteiger charge is -2.11. The van der Waals surface area contributed by atoms with Crippen molar-refractivity contribution in [3.05, 3.63) is 70.4 Å². The number of hydrogen-bond donors (Lipinski definition) is 1. The molecule has 7 heteroatoms. The topological polar surface area (TPSA) is 86.1 Å². The summed E-state index contributed by atoms with van der Waals surface area (Å²) < 4.78 is 6.12. The van der Waals surface area contributed by atoms with Gasteiger partial charge in [0.1, 0.15) is 6.54 Å². The Balaban J connectivity index is 1.95. The van der Waals surface area contributed by atoms with Crippen molar-refractivity contribution in [1.29, 1.82) is 0 Å². The van der Waals surface area contributed by atoms with Crippen molar-refractivity contribution in [2.45, 2.75) is 13.0 Å². The molecule has 0 bridgehead atoms. The minimum Gasteiger partial charge on any atom is -0.383 e. The number of hydrogen-bond acceptors (Lipinski definition) is 5. The summed E-state index contributed by atoms with van der Waals surface area (Å²) in [6.07, 6.45) is 4.00. The fourth-order valence-corrected chi connectivity index (χ4v) is 2.72. The lowest BCUT2D eigenvalue weighted by molar-refractivity contribution is -0.122. The summed E-state index contributed by atoms with van der Waals surface area (Å²) in [6.45, 7) is 0.672. The summed E-state index contributed by atoms with van der Waals surface area (Å²) in [5.41, 5.74) is 1.44. The van der Waals surface area contributed by atoms with Crippen molar-refractivity contribution in [3.8, 4) is 0 Å². The Morgan fingerprint density at radius 1 is 1.19 bits per heavy atom. The van der Waals surface area contributed by atoms with Gasteiger partial charge in [0.15, 0.2) is 0 Å². The highest BCUT2D eigenvalue weighted by Crippen LogP contribution is 2.16. The van der Waals surface area contributed by atoms with Gasteiger partial charge in [-0.1, -0.05) is 24.3 Å². The Morgan fingerprint density at radius 3 is 2.73 bits per heavy atom. The summed E-state index contributed by atoms with van der Waals surface area (Å²) in [7, 11) is 1.56. The van der Waals surface area contributed by atoms with Gasteiger partial charge >= 0.3 is 0 Å². The van der Waals surface area contributed by atoms with E-state index in [0.717, 1.165) is 16.6 Å². The number of rotatable bonds is 7. The van der Waals surface area contributed by atoms with Crippen LogP contribution in [-0.4, -0.2) is 40.9 Å². The average molecular weight is 352 g/mol. The second kappa shape index (κ2) is 8.35. The molecule has 0 fully saturated rings. The molecule has 0 unspecified atom stereocenters. The highest BCUT2D eigenvalue weighted by molar-refractivity contribution is 5.84. The van der Waals surface area contributed by atoms with Gasteiger partial charge in [-0.25, -0.2) is 4.68 Å². The van der Waals surface area contributed by atoms with E-state index in [0.29, 0.717) is 25.0 Å². The first-order valence-corrected chi connectivity index (χ1v) is 8.32.